The third kappa shape index (κ3) is 2.83. The Kier molecular flexibility index (Phi) is 4.50. The van der Waals surface area contributed by atoms with Crippen LogP contribution in [0.25, 0.3) is 0 Å². The number of Topliss-reactive ketones (excluding diaryl/α,β-unsaturated/α-hetero) is 1. The standard InChI is InChI=1S/C13H18O3/c1-9-7-10(2)13(16-4)11(8-9)12(14)5-6-15-3/h7-8H,5-6H2,1-4H3. The third-order valence-corrected chi connectivity index (χ3v) is 2.46. The molecule has 0 fully saturated rings. The van der Waals surface area contributed by atoms with Crippen LogP contribution in [0.15, 0.2) is 12.1 Å². The lowest BCUT2D eigenvalue weighted by atomic mass is 10.0. The summed E-state index contributed by atoms with van der Waals surface area (Å²) in [6.07, 6.45) is 0.385. The Labute approximate surface area is 96.4 Å². The molecule has 0 heterocycles. The van der Waals surface area contributed by atoms with E-state index in [2.05, 4.69) is 0 Å². The summed E-state index contributed by atoms with van der Waals surface area (Å²) in [5.41, 5.74) is 2.71. The first-order valence-electron chi connectivity index (χ1n) is 5.27. The summed E-state index contributed by atoms with van der Waals surface area (Å²) in [7, 11) is 3.18. The zero-order valence-electron chi connectivity index (χ0n) is 10.3. The van der Waals surface area contributed by atoms with Crippen LogP contribution in [0.3, 0.4) is 0 Å². The van der Waals surface area contributed by atoms with Crippen LogP contribution in [-0.4, -0.2) is 26.6 Å². The van der Waals surface area contributed by atoms with Gasteiger partial charge in [0, 0.05) is 13.5 Å². The van der Waals surface area contributed by atoms with Crippen LogP contribution in [0.2, 0.25) is 0 Å². The second-order valence-electron chi connectivity index (χ2n) is 3.83. The zero-order valence-corrected chi connectivity index (χ0v) is 10.3. The van der Waals surface area contributed by atoms with Crippen molar-refractivity contribution in [3.8, 4) is 5.75 Å². The minimum atomic E-state index is 0.0606. The summed E-state index contributed by atoms with van der Waals surface area (Å²) < 4.78 is 10.2. The molecular formula is C13H18O3. The van der Waals surface area contributed by atoms with Crippen LogP contribution in [0, 0.1) is 13.8 Å². The maximum absolute atomic E-state index is 11.9. The quantitative estimate of drug-likeness (QED) is 0.718. The molecule has 88 valence electrons. The van der Waals surface area contributed by atoms with E-state index in [1.54, 1.807) is 14.2 Å². The average molecular weight is 222 g/mol. The van der Waals surface area contributed by atoms with Crippen LogP contribution < -0.4 is 4.74 Å². The van der Waals surface area contributed by atoms with E-state index in [9.17, 15) is 4.79 Å². The van der Waals surface area contributed by atoms with Crippen molar-refractivity contribution < 1.29 is 14.3 Å². The molecule has 1 aromatic carbocycles. The molecule has 0 aliphatic heterocycles. The van der Waals surface area contributed by atoms with Crippen molar-refractivity contribution >= 4 is 5.78 Å². The molecule has 3 nitrogen and oxygen atoms in total. The van der Waals surface area contributed by atoms with E-state index in [4.69, 9.17) is 9.47 Å². The molecule has 0 radical (unpaired) electrons. The number of methoxy groups -OCH3 is 2. The summed E-state index contributed by atoms with van der Waals surface area (Å²) in [6.45, 7) is 4.35. The fourth-order valence-corrected chi connectivity index (χ4v) is 1.76. The van der Waals surface area contributed by atoms with E-state index in [-0.39, 0.29) is 5.78 Å². The van der Waals surface area contributed by atoms with E-state index in [0.29, 0.717) is 24.3 Å². The van der Waals surface area contributed by atoms with Gasteiger partial charge in [0.15, 0.2) is 5.78 Å². The minimum absolute atomic E-state index is 0.0606. The summed E-state index contributed by atoms with van der Waals surface area (Å²) in [5.74, 6) is 0.734. The summed E-state index contributed by atoms with van der Waals surface area (Å²) in [4.78, 5) is 11.9. The second-order valence-corrected chi connectivity index (χ2v) is 3.83. The smallest absolute Gasteiger partial charge is 0.168 e. The Morgan fingerprint density at radius 1 is 1.25 bits per heavy atom. The topological polar surface area (TPSA) is 35.5 Å². The Balaban J connectivity index is 3.05. The monoisotopic (exact) mass is 222 g/mol. The van der Waals surface area contributed by atoms with E-state index in [1.807, 2.05) is 26.0 Å². The highest BCUT2D eigenvalue weighted by molar-refractivity contribution is 5.99. The highest BCUT2D eigenvalue weighted by Crippen LogP contribution is 2.26. The van der Waals surface area contributed by atoms with E-state index >= 15 is 0 Å². The van der Waals surface area contributed by atoms with Crippen LogP contribution in [0.4, 0.5) is 0 Å². The van der Waals surface area contributed by atoms with E-state index in [0.717, 1.165) is 11.1 Å². The molecule has 16 heavy (non-hydrogen) atoms. The van der Waals surface area contributed by atoms with Gasteiger partial charge in [-0.2, -0.15) is 0 Å². The highest BCUT2D eigenvalue weighted by Gasteiger charge is 2.14. The molecule has 0 saturated carbocycles. The number of benzene rings is 1. The molecule has 0 N–H and O–H groups in total. The average Bonchev–Trinajstić information content (AvgIpc) is 2.24. The molecule has 0 aliphatic rings. The maximum Gasteiger partial charge on any atom is 0.168 e. The normalized spacial score (nSPS) is 10.2. The predicted octanol–water partition coefficient (Wildman–Crippen LogP) is 2.53. The maximum atomic E-state index is 11.9. The van der Waals surface area contributed by atoms with Crippen LogP contribution in [0.5, 0.6) is 5.75 Å². The van der Waals surface area contributed by atoms with Crippen molar-refractivity contribution in [1.29, 1.82) is 0 Å². The number of rotatable bonds is 5. The van der Waals surface area contributed by atoms with E-state index < -0.39 is 0 Å². The fraction of sp³-hybridized carbons (Fsp3) is 0.462. The second kappa shape index (κ2) is 5.66. The third-order valence-electron chi connectivity index (χ3n) is 2.46. The first kappa shape index (κ1) is 12.7. The van der Waals surface area contributed by atoms with Crippen molar-refractivity contribution in [2.45, 2.75) is 20.3 Å². The highest BCUT2D eigenvalue weighted by atomic mass is 16.5. The number of hydrogen-bond acceptors (Lipinski definition) is 3. The van der Waals surface area contributed by atoms with Gasteiger partial charge in [-0.05, 0) is 31.0 Å². The minimum Gasteiger partial charge on any atom is -0.496 e. The van der Waals surface area contributed by atoms with E-state index in [1.165, 1.54) is 0 Å². The number of carbonyl (C=O) groups excluding carboxylic acids is 1. The van der Waals surface area contributed by atoms with Crippen LogP contribution in [0.1, 0.15) is 27.9 Å². The van der Waals surface area contributed by atoms with Crippen molar-refractivity contribution in [3.05, 3.63) is 28.8 Å². The number of ketones is 1. The van der Waals surface area contributed by atoms with Gasteiger partial charge in [0.25, 0.3) is 0 Å². The van der Waals surface area contributed by atoms with Gasteiger partial charge in [0.1, 0.15) is 5.75 Å². The lowest BCUT2D eigenvalue weighted by Crippen LogP contribution is -2.07. The summed E-state index contributed by atoms with van der Waals surface area (Å²) >= 11 is 0. The molecule has 3 heteroatoms. The Morgan fingerprint density at radius 3 is 2.50 bits per heavy atom. The fourth-order valence-electron chi connectivity index (χ4n) is 1.76. The number of carbonyl (C=O) groups is 1. The summed E-state index contributed by atoms with van der Waals surface area (Å²) in [6, 6.07) is 3.87. The molecule has 0 unspecified atom stereocenters. The van der Waals surface area contributed by atoms with Gasteiger partial charge in [0.05, 0.1) is 19.3 Å². The molecule has 0 spiro atoms. The molecule has 0 bridgehead atoms. The SMILES string of the molecule is COCCC(=O)c1cc(C)cc(C)c1OC. The summed E-state index contributed by atoms with van der Waals surface area (Å²) in [5, 5.41) is 0. The van der Waals surface area contributed by atoms with Crippen molar-refractivity contribution in [2.75, 3.05) is 20.8 Å². The van der Waals surface area contributed by atoms with Crippen LogP contribution >= 0.6 is 0 Å². The molecule has 0 aliphatic carbocycles. The molecule has 0 atom stereocenters. The van der Waals surface area contributed by atoms with Gasteiger partial charge in [-0.3, -0.25) is 4.79 Å². The Bertz CT molecular complexity index is 383. The molecular weight excluding hydrogens is 204 g/mol. The molecule has 1 rings (SSSR count). The van der Waals surface area contributed by atoms with Gasteiger partial charge in [-0.1, -0.05) is 6.07 Å². The van der Waals surface area contributed by atoms with Gasteiger partial charge >= 0.3 is 0 Å². The Hall–Kier alpha value is -1.35. The predicted molar refractivity (Wildman–Crippen MR) is 63.3 cm³/mol. The first-order chi connectivity index (χ1) is 7.60. The lowest BCUT2D eigenvalue weighted by molar-refractivity contribution is 0.0929. The number of ether oxygens (including phenoxy) is 2. The number of hydrogen-bond donors (Lipinski definition) is 0. The number of aryl methyl sites for hydroxylation is 2. The molecule has 0 aromatic heterocycles. The Morgan fingerprint density at radius 2 is 1.94 bits per heavy atom. The van der Waals surface area contributed by atoms with Gasteiger partial charge in [-0.25, -0.2) is 0 Å². The van der Waals surface area contributed by atoms with Gasteiger partial charge < -0.3 is 9.47 Å². The van der Waals surface area contributed by atoms with Crippen molar-refractivity contribution in [2.24, 2.45) is 0 Å². The molecule has 1 aromatic rings. The lowest BCUT2D eigenvalue weighted by Gasteiger charge is -2.11. The van der Waals surface area contributed by atoms with Gasteiger partial charge in [0.2, 0.25) is 0 Å². The molecule has 0 amide bonds. The van der Waals surface area contributed by atoms with Crippen LogP contribution in [-0.2, 0) is 4.74 Å². The van der Waals surface area contributed by atoms with Crippen molar-refractivity contribution in [3.63, 3.8) is 0 Å². The van der Waals surface area contributed by atoms with Gasteiger partial charge in [-0.15, -0.1) is 0 Å². The zero-order chi connectivity index (χ0) is 12.1. The molecule has 0 saturated heterocycles. The largest absolute Gasteiger partial charge is 0.496 e. The van der Waals surface area contributed by atoms with Crippen molar-refractivity contribution in [1.82, 2.24) is 0 Å². The first-order valence-corrected chi connectivity index (χ1v) is 5.27.